The number of aromatic nitrogens is 4. The van der Waals surface area contributed by atoms with Crippen LogP contribution >= 0.6 is 0 Å². The molecule has 21 heavy (non-hydrogen) atoms. The zero-order valence-corrected chi connectivity index (χ0v) is 12.0. The number of nitrogens with one attached hydrogen (secondary N) is 1. The van der Waals surface area contributed by atoms with Crippen molar-refractivity contribution in [2.75, 3.05) is 20.2 Å². The largest absolute Gasteiger partial charge is 0.379 e. The highest BCUT2D eigenvalue weighted by Crippen LogP contribution is 2.28. The third-order valence-corrected chi connectivity index (χ3v) is 3.81. The second kappa shape index (κ2) is 5.61. The summed E-state index contributed by atoms with van der Waals surface area (Å²) in [5.74, 6) is 0.0363. The highest BCUT2D eigenvalue weighted by molar-refractivity contribution is 5.94. The predicted octanol–water partition coefficient (Wildman–Crippen LogP) is 0.763. The van der Waals surface area contributed by atoms with Crippen LogP contribution < -0.4 is 0 Å². The first-order valence-electron chi connectivity index (χ1n) is 6.79. The van der Waals surface area contributed by atoms with E-state index in [0.717, 1.165) is 11.4 Å². The van der Waals surface area contributed by atoms with E-state index in [1.807, 2.05) is 6.92 Å². The molecule has 1 aliphatic heterocycles. The molecule has 1 amide bonds. The highest BCUT2D eigenvalue weighted by atomic mass is 16.5. The van der Waals surface area contributed by atoms with Crippen LogP contribution in [-0.4, -0.2) is 57.5 Å². The second-order valence-corrected chi connectivity index (χ2v) is 5.17. The first-order valence-corrected chi connectivity index (χ1v) is 6.79. The van der Waals surface area contributed by atoms with E-state index in [1.54, 1.807) is 36.5 Å². The molecular weight excluding hydrogens is 270 g/mol. The Morgan fingerprint density at radius 3 is 3.00 bits per heavy atom. The summed E-state index contributed by atoms with van der Waals surface area (Å²) in [5.41, 5.74) is 2.30. The Hall–Kier alpha value is -2.28. The summed E-state index contributed by atoms with van der Waals surface area (Å²) in [5, 5.41) is 10.6. The normalized spacial score (nSPS) is 21.7. The van der Waals surface area contributed by atoms with Crippen LogP contribution in [0.4, 0.5) is 0 Å². The summed E-state index contributed by atoms with van der Waals surface area (Å²) >= 11 is 0. The molecule has 0 spiro atoms. The number of hydrogen-bond donors (Lipinski definition) is 1. The van der Waals surface area contributed by atoms with Gasteiger partial charge in [0.25, 0.3) is 5.91 Å². The van der Waals surface area contributed by atoms with Crippen LogP contribution in [0.3, 0.4) is 0 Å². The molecule has 7 heteroatoms. The van der Waals surface area contributed by atoms with E-state index in [9.17, 15) is 4.79 Å². The molecule has 3 heterocycles. The zero-order valence-electron chi connectivity index (χ0n) is 12.0. The summed E-state index contributed by atoms with van der Waals surface area (Å²) in [6.07, 6.45) is 3.27. The minimum Gasteiger partial charge on any atom is -0.379 e. The molecule has 0 radical (unpaired) electrons. The van der Waals surface area contributed by atoms with E-state index in [4.69, 9.17) is 4.74 Å². The maximum atomic E-state index is 12.6. The van der Waals surface area contributed by atoms with Crippen LogP contribution in [0.15, 0.2) is 24.5 Å². The molecule has 2 aromatic rings. The van der Waals surface area contributed by atoms with Gasteiger partial charge in [0.05, 0.1) is 23.9 Å². The summed E-state index contributed by atoms with van der Waals surface area (Å²) < 4.78 is 5.50. The van der Waals surface area contributed by atoms with Crippen molar-refractivity contribution in [1.82, 2.24) is 25.3 Å². The zero-order chi connectivity index (χ0) is 14.8. The number of methoxy groups -OCH3 is 1. The van der Waals surface area contributed by atoms with Gasteiger partial charge in [0, 0.05) is 37.7 Å². The van der Waals surface area contributed by atoms with Crippen LogP contribution in [0.2, 0.25) is 0 Å². The molecule has 1 fully saturated rings. The number of ether oxygens (including phenoxy) is 1. The Labute approximate surface area is 122 Å². The lowest BCUT2D eigenvalue weighted by Crippen LogP contribution is -2.30. The van der Waals surface area contributed by atoms with Gasteiger partial charge in [-0.15, -0.1) is 0 Å². The monoisotopic (exact) mass is 287 g/mol. The second-order valence-electron chi connectivity index (χ2n) is 5.17. The van der Waals surface area contributed by atoms with Gasteiger partial charge in [-0.2, -0.15) is 15.4 Å². The third kappa shape index (κ3) is 2.64. The van der Waals surface area contributed by atoms with Crippen molar-refractivity contribution < 1.29 is 9.53 Å². The molecule has 1 saturated heterocycles. The molecule has 3 rings (SSSR count). The summed E-state index contributed by atoms with van der Waals surface area (Å²) in [6, 6.07) is 3.54. The lowest BCUT2D eigenvalue weighted by molar-refractivity contribution is 0.0714. The quantitative estimate of drug-likeness (QED) is 0.901. The van der Waals surface area contributed by atoms with Crippen molar-refractivity contribution in [3.63, 3.8) is 0 Å². The van der Waals surface area contributed by atoms with Crippen molar-refractivity contribution in [1.29, 1.82) is 0 Å². The van der Waals surface area contributed by atoms with E-state index >= 15 is 0 Å². The van der Waals surface area contributed by atoms with Gasteiger partial charge in [-0.25, -0.2) is 0 Å². The number of likely N-dealkylation sites (tertiary alicyclic amines) is 1. The number of aryl methyl sites for hydroxylation is 1. The van der Waals surface area contributed by atoms with E-state index < -0.39 is 0 Å². The number of aromatic amines is 1. The minimum atomic E-state index is -0.0676. The Bertz CT molecular complexity index is 628. The smallest absolute Gasteiger partial charge is 0.254 e. The van der Waals surface area contributed by atoms with Crippen molar-refractivity contribution in [3.8, 4) is 0 Å². The van der Waals surface area contributed by atoms with Crippen molar-refractivity contribution in [2.45, 2.75) is 18.9 Å². The van der Waals surface area contributed by atoms with Crippen LogP contribution in [-0.2, 0) is 4.74 Å². The van der Waals surface area contributed by atoms with Gasteiger partial charge in [0.2, 0.25) is 0 Å². The Morgan fingerprint density at radius 1 is 1.48 bits per heavy atom. The van der Waals surface area contributed by atoms with Crippen LogP contribution in [0, 0.1) is 6.92 Å². The summed E-state index contributed by atoms with van der Waals surface area (Å²) in [7, 11) is 1.66. The molecular formula is C14H17N5O2. The SMILES string of the molecule is CO[C@@H]1CN(C(=O)c2ccnc(C)c2)C[C@H]1c1cn[nH]n1. The number of nitrogens with zero attached hydrogens (tertiary/aromatic N) is 4. The van der Waals surface area contributed by atoms with Crippen molar-refractivity contribution in [2.24, 2.45) is 0 Å². The molecule has 0 aliphatic carbocycles. The van der Waals surface area contributed by atoms with Crippen LogP contribution in [0.25, 0.3) is 0 Å². The lowest BCUT2D eigenvalue weighted by Gasteiger charge is -2.16. The number of amides is 1. The molecule has 0 saturated carbocycles. The Morgan fingerprint density at radius 2 is 2.33 bits per heavy atom. The third-order valence-electron chi connectivity index (χ3n) is 3.81. The molecule has 0 bridgehead atoms. The molecule has 0 aromatic carbocycles. The number of carbonyl (C=O) groups is 1. The van der Waals surface area contributed by atoms with Gasteiger partial charge >= 0.3 is 0 Å². The Kier molecular flexibility index (Phi) is 3.66. The fourth-order valence-electron chi connectivity index (χ4n) is 2.71. The fourth-order valence-corrected chi connectivity index (χ4v) is 2.71. The predicted molar refractivity (Wildman–Crippen MR) is 74.8 cm³/mol. The van der Waals surface area contributed by atoms with Crippen LogP contribution in [0.1, 0.15) is 27.7 Å². The van der Waals surface area contributed by atoms with Gasteiger partial charge in [-0.05, 0) is 19.1 Å². The highest BCUT2D eigenvalue weighted by Gasteiger charge is 2.38. The molecule has 2 aromatic heterocycles. The molecule has 7 nitrogen and oxygen atoms in total. The fraction of sp³-hybridized carbons (Fsp3) is 0.429. The number of rotatable bonds is 3. The van der Waals surface area contributed by atoms with Gasteiger partial charge in [-0.3, -0.25) is 9.78 Å². The van der Waals surface area contributed by atoms with Gasteiger partial charge in [0.1, 0.15) is 0 Å². The van der Waals surface area contributed by atoms with Crippen molar-refractivity contribution in [3.05, 3.63) is 41.5 Å². The first kappa shape index (κ1) is 13.7. The summed E-state index contributed by atoms with van der Waals surface area (Å²) in [6.45, 7) is 3.00. The molecule has 1 N–H and O–H groups in total. The first-order chi connectivity index (χ1) is 10.2. The van der Waals surface area contributed by atoms with Gasteiger partial charge in [0.15, 0.2) is 0 Å². The van der Waals surface area contributed by atoms with E-state index in [2.05, 4.69) is 20.4 Å². The van der Waals surface area contributed by atoms with E-state index in [0.29, 0.717) is 18.7 Å². The average molecular weight is 287 g/mol. The standard InChI is InChI=1S/C14H17N5O2/c1-9-5-10(3-4-15-9)14(20)19-7-11(13(8-19)21-2)12-6-16-18-17-12/h3-6,11,13H,7-8H2,1-2H3,(H,16,17,18)/t11-,13+/m0/s1. The van der Waals surface area contributed by atoms with E-state index in [1.165, 1.54) is 0 Å². The number of H-pyrrole nitrogens is 1. The van der Waals surface area contributed by atoms with Crippen molar-refractivity contribution >= 4 is 5.91 Å². The maximum absolute atomic E-state index is 12.6. The number of carbonyl (C=O) groups excluding carboxylic acids is 1. The van der Waals surface area contributed by atoms with Gasteiger partial charge < -0.3 is 9.64 Å². The Balaban J connectivity index is 1.80. The molecule has 1 aliphatic rings. The average Bonchev–Trinajstić information content (AvgIpc) is 3.15. The van der Waals surface area contributed by atoms with E-state index in [-0.39, 0.29) is 17.9 Å². The minimum absolute atomic E-state index is 0.00598. The summed E-state index contributed by atoms with van der Waals surface area (Å²) in [4.78, 5) is 18.5. The van der Waals surface area contributed by atoms with Crippen LogP contribution in [0.5, 0.6) is 0 Å². The molecule has 2 atom stereocenters. The molecule has 0 unspecified atom stereocenters. The number of pyridine rings is 1. The molecule has 110 valence electrons. The lowest BCUT2D eigenvalue weighted by atomic mass is 10.0. The van der Waals surface area contributed by atoms with Gasteiger partial charge in [-0.1, -0.05) is 0 Å². The topological polar surface area (TPSA) is 84.0 Å². The maximum Gasteiger partial charge on any atom is 0.254 e. The number of hydrogen-bond acceptors (Lipinski definition) is 5.